The second kappa shape index (κ2) is 13.5. The summed E-state index contributed by atoms with van der Waals surface area (Å²) in [7, 11) is 0. The SMILES string of the molecule is C[C@@H](N1CCN(c2ccc(-n3cnn(Cc4cc(C(F)(F)F)cc(C(F)(F)F)c4)c3=O)cn2)CC1)[C@](O)(Cn1cncn1)c1ccc(F)cc1F. The van der Waals surface area contributed by atoms with Gasteiger partial charge in [0.15, 0.2) is 0 Å². The lowest BCUT2D eigenvalue weighted by Crippen LogP contribution is -2.57. The van der Waals surface area contributed by atoms with Gasteiger partial charge in [0.05, 0.1) is 36.1 Å². The summed E-state index contributed by atoms with van der Waals surface area (Å²) in [5, 5.41) is 19.8. The molecule has 1 saturated heterocycles. The number of piperazine rings is 1. The van der Waals surface area contributed by atoms with E-state index in [2.05, 4.69) is 20.2 Å². The number of hydrogen-bond donors (Lipinski definition) is 1. The van der Waals surface area contributed by atoms with E-state index in [1.165, 1.54) is 29.6 Å². The predicted octanol–water partition coefficient (Wildman–Crippen LogP) is 4.48. The van der Waals surface area contributed by atoms with Crippen LogP contribution in [0.25, 0.3) is 5.69 Å². The minimum Gasteiger partial charge on any atom is -0.381 e. The first kappa shape index (κ1) is 35.6. The lowest BCUT2D eigenvalue weighted by atomic mass is 9.85. The Kier molecular flexibility index (Phi) is 9.45. The average Bonchev–Trinajstić information content (AvgIpc) is 3.72. The first-order valence-electron chi connectivity index (χ1n) is 15.4. The fraction of sp³-hybridized carbons (Fsp3) is 0.344. The Balaban J connectivity index is 1.15. The molecular formula is C32H29F8N9O2. The highest BCUT2D eigenvalue weighted by molar-refractivity contribution is 5.44. The van der Waals surface area contributed by atoms with Gasteiger partial charge in [0.25, 0.3) is 0 Å². The topological polar surface area (TPSA) is 110 Å². The van der Waals surface area contributed by atoms with E-state index >= 15 is 0 Å². The monoisotopic (exact) mass is 723 g/mol. The van der Waals surface area contributed by atoms with E-state index in [-0.39, 0.29) is 23.9 Å². The van der Waals surface area contributed by atoms with Gasteiger partial charge < -0.3 is 10.0 Å². The van der Waals surface area contributed by atoms with E-state index in [0.29, 0.717) is 50.2 Å². The van der Waals surface area contributed by atoms with Crippen LogP contribution in [0.5, 0.6) is 0 Å². The molecule has 11 nitrogen and oxygen atoms in total. The molecule has 1 aliphatic rings. The molecule has 2 atom stereocenters. The molecule has 0 saturated carbocycles. The molecule has 4 heterocycles. The Bertz CT molecular complexity index is 2010. The molecule has 1 aliphatic heterocycles. The highest BCUT2D eigenvalue weighted by Crippen LogP contribution is 2.37. The number of hydrogen-bond acceptors (Lipinski definition) is 8. The van der Waals surface area contributed by atoms with Crippen LogP contribution in [0.3, 0.4) is 0 Å². The van der Waals surface area contributed by atoms with E-state index in [1.54, 1.807) is 19.1 Å². The van der Waals surface area contributed by atoms with Gasteiger partial charge in [-0.15, -0.1) is 0 Å². The van der Waals surface area contributed by atoms with E-state index in [9.17, 15) is 45.0 Å². The zero-order chi connectivity index (χ0) is 36.7. The second-order valence-corrected chi connectivity index (χ2v) is 12.1. The molecule has 2 aromatic carbocycles. The van der Waals surface area contributed by atoms with Crippen LogP contribution in [0.4, 0.5) is 40.9 Å². The van der Waals surface area contributed by atoms with Crippen LogP contribution in [-0.4, -0.2) is 76.3 Å². The number of pyridine rings is 1. The molecule has 0 spiro atoms. The van der Waals surface area contributed by atoms with Crippen LogP contribution in [0.1, 0.15) is 29.2 Å². The first-order chi connectivity index (χ1) is 24.0. The van der Waals surface area contributed by atoms with Crippen molar-refractivity contribution in [2.75, 3.05) is 31.1 Å². The van der Waals surface area contributed by atoms with Crippen molar-refractivity contribution < 1.29 is 40.2 Å². The summed E-state index contributed by atoms with van der Waals surface area (Å²) >= 11 is 0. The Morgan fingerprint density at radius 1 is 0.863 bits per heavy atom. The van der Waals surface area contributed by atoms with Crippen LogP contribution in [-0.2, 0) is 31.0 Å². The summed E-state index contributed by atoms with van der Waals surface area (Å²) in [4.78, 5) is 25.3. The predicted molar refractivity (Wildman–Crippen MR) is 165 cm³/mol. The Morgan fingerprint density at radius 3 is 2.12 bits per heavy atom. The van der Waals surface area contributed by atoms with Crippen molar-refractivity contribution in [3.05, 3.63) is 118 Å². The number of nitrogens with zero attached hydrogens (tertiary/aromatic N) is 9. The van der Waals surface area contributed by atoms with Gasteiger partial charge in [-0.1, -0.05) is 6.07 Å². The van der Waals surface area contributed by atoms with Crippen LogP contribution >= 0.6 is 0 Å². The van der Waals surface area contributed by atoms with E-state index < -0.39 is 64.6 Å². The number of halogens is 8. The lowest BCUT2D eigenvalue weighted by molar-refractivity contribution is -0.143. The molecule has 1 N–H and O–H groups in total. The van der Waals surface area contributed by atoms with Gasteiger partial charge in [-0.25, -0.2) is 37.5 Å². The normalized spacial score (nSPS) is 16.3. The molecule has 51 heavy (non-hydrogen) atoms. The summed E-state index contributed by atoms with van der Waals surface area (Å²) < 4.78 is 112. The molecule has 19 heteroatoms. The second-order valence-electron chi connectivity index (χ2n) is 12.1. The lowest BCUT2D eigenvalue weighted by Gasteiger charge is -2.45. The Hall–Kier alpha value is -5.17. The maximum absolute atomic E-state index is 15.0. The van der Waals surface area contributed by atoms with Crippen molar-refractivity contribution in [1.29, 1.82) is 0 Å². The highest BCUT2D eigenvalue weighted by Gasteiger charge is 2.43. The van der Waals surface area contributed by atoms with Crippen molar-refractivity contribution in [2.45, 2.75) is 44.0 Å². The van der Waals surface area contributed by atoms with Gasteiger partial charge in [-0.2, -0.15) is 36.5 Å². The molecule has 3 aromatic heterocycles. The molecule has 6 rings (SSSR count). The molecule has 0 unspecified atom stereocenters. The number of alkyl halides is 6. The van der Waals surface area contributed by atoms with E-state index in [0.717, 1.165) is 21.6 Å². The van der Waals surface area contributed by atoms with Crippen molar-refractivity contribution in [2.24, 2.45) is 0 Å². The summed E-state index contributed by atoms with van der Waals surface area (Å²) in [6, 6.07) is 6.63. The largest absolute Gasteiger partial charge is 0.416 e. The number of aromatic nitrogens is 7. The molecular weight excluding hydrogens is 694 g/mol. The molecule has 0 bridgehead atoms. The fourth-order valence-electron chi connectivity index (χ4n) is 6.10. The molecule has 0 radical (unpaired) electrons. The third-order valence-corrected chi connectivity index (χ3v) is 8.87. The van der Waals surface area contributed by atoms with Crippen LogP contribution < -0.4 is 10.6 Å². The van der Waals surface area contributed by atoms with Crippen molar-refractivity contribution in [1.82, 2.24) is 39.0 Å². The van der Waals surface area contributed by atoms with Gasteiger partial charge in [0, 0.05) is 43.9 Å². The quantitative estimate of drug-likeness (QED) is 0.222. The average molecular weight is 724 g/mol. The zero-order valence-corrected chi connectivity index (χ0v) is 26.7. The number of rotatable bonds is 9. The molecule has 5 aromatic rings. The molecule has 270 valence electrons. The standard InChI is InChI=1S/C32H29F8N9O2/c1-20(30(51,16-47-18-41-17-43-47)26-4-2-24(33)13-27(26)34)45-6-8-46(9-7-45)28-5-3-25(14-42-28)48-19-44-49(29(48)50)15-21-10-22(31(35,36)37)12-23(11-21)32(38,39)40/h2-5,10-14,17-20,51H,6-9,15-16H2,1H3/t20-,30-/m1/s1. The highest BCUT2D eigenvalue weighted by atomic mass is 19.4. The number of anilines is 1. The zero-order valence-electron chi connectivity index (χ0n) is 26.7. The van der Waals surface area contributed by atoms with Gasteiger partial charge in [0.1, 0.15) is 42.0 Å². The summed E-state index contributed by atoms with van der Waals surface area (Å²) in [5.74, 6) is -1.14. The van der Waals surface area contributed by atoms with Crippen LogP contribution in [0.15, 0.2) is 78.5 Å². The van der Waals surface area contributed by atoms with E-state index in [4.69, 9.17) is 0 Å². The summed E-state index contributed by atoms with van der Waals surface area (Å²) in [6.07, 6.45) is -4.95. The van der Waals surface area contributed by atoms with Gasteiger partial charge >= 0.3 is 18.0 Å². The fourth-order valence-corrected chi connectivity index (χ4v) is 6.10. The summed E-state index contributed by atoms with van der Waals surface area (Å²) in [6.45, 7) is 2.67. The Labute approximate surface area is 284 Å². The van der Waals surface area contributed by atoms with Gasteiger partial charge in [-0.05, 0) is 48.9 Å². The third-order valence-electron chi connectivity index (χ3n) is 8.87. The number of benzene rings is 2. The smallest absolute Gasteiger partial charge is 0.381 e. The van der Waals surface area contributed by atoms with Gasteiger partial charge in [-0.3, -0.25) is 4.90 Å². The maximum atomic E-state index is 15.0. The third kappa shape index (κ3) is 7.48. The molecule has 0 amide bonds. The minimum atomic E-state index is -5.04. The van der Waals surface area contributed by atoms with Crippen LogP contribution in [0, 0.1) is 11.6 Å². The molecule has 0 aliphatic carbocycles. The van der Waals surface area contributed by atoms with E-state index in [1.807, 2.05) is 9.80 Å². The molecule has 1 fully saturated rings. The maximum Gasteiger partial charge on any atom is 0.416 e. The Morgan fingerprint density at radius 2 is 1.55 bits per heavy atom. The van der Waals surface area contributed by atoms with Crippen molar-refractivity contribution >= 4 is 5.82 Å². The van der Waals surface area contributed by atoms with Gasteiger partial charge in [0.2, 0.25) is 0 Å². The minimum absolute atomic E-state index is 0.00824. The van der Waals surface area contributed by atoms with Crippen molar-refractivity contribution in [3.8, 4) is 5.69 Å². The van der Waals surface area contributed by atoms with Crippen molar-refractivity contribution in [3.63, 3.8) is 0 Å². The number of aliphatic hydroxyl groups is 1. The summed E-state index contributed by atoms with van der Waals surface area (Å²) in [5.41, 5.74) is -5.88. The first-order valence-corrected chi connectivity index (χ1v) is 15.4. The van der Waals surface area contributed by atoms with Crippen LogP contribution in [0.2, 0.25) is 0 Å².